The Kier molecular flexibility index (Phi) is 2.90. The molecule has 15 heavy (non-hydrogen) atoms. The van der Waals surface area contributed by atoms with E-state index in [1.54, 1.807) is 12.2 Å². The third-order valence-corrected chi connectivity index (χ3v) is 1.90. The van der Waals surface area contributed by atoms with Gasteiger partial charge in [0.15, 0.2) is 6.23 Å². The molecule has 1 aliphatic rings. The summed E-state index contributed by atoms with van der Waals surface area (Å²) < 4.78 is 5.05. The fourth-order valence-electron chi connectivity index (χ4n) is 1.13. The van der Waals surface area contributed by atoms with Gasteiger partial charge in [0.25, 0.3) is 0 Å². The predicted octanol–water partition coefficient (Wildman–Crippen LogP) is 2.48. The lowest BCUT2D eigenvalue weighted by molar-refractivity contribution is 0.176. The van der Waals surface area contributed by atoms with Gasteiger partial charge in [0, 0.05) is 0 Å². The molecule has 0 spiro atoms. The average Bonchev–Trinajstić information content (AvgIpc) is 2.29. The van der Waals surface area contributed by atoms with Crippen LogP contribution in [-0.2, 0) is 4.74 Å². The second kappa shape index (κ2) is 4.52. The molecule has 0 fully saturated rings. The summed E-state index contributed by atoms with van der Waals surface area (Å²) in [6.07, 6.45) is 4.53. The zero-order chi connectivity index (χ0) is 10.5. The summed E-state index contributed by atoms with van der Waals surface area (Å²) in [5.74, 6) is 0. The van der Waals surface area contributed by atoms with Gasteiger partial charge in [-0.2, -0.15) is 5.11 Å². The van der Waals surface area contributed by atoms with Crippen LogP contribution in [0, 0.1) is 0 Å². The topological polar surface area (TPSA) is 60.0 Å². The zero-order valence-corrected chi connectivity index (χ0v) is 8.08. The van der Waals surface area contributed by atoms with Gasteiger partial charge in [0.05, 0.1) is 11.9 Å². The molecule has 1 atom stereocenters. The monoisotopic (exact) mass is 201 g/mol. The number of hydrogen-bond acceptors (Lipinski definition) is 4. The molecule has 2 N–H and O–H groups in total. The minimum atomic E-state index is -0.525. The number of nitrogens with zero attached hydrogens (tertiary/aromatic N) is 2. The fourth-order valence-corrected chi connectivity index (χ4v) is 1.13. The maximum atomic E-state index is 5.65. The molecule has 1 aromatic carbocycles. The first kappa shape index (κ1) is 9.61. The van der Waals surface area contributed by atoms with E-state index in [0.717, 1.165) is 5.69 Å². The van der Waals surface area contributed by atoms with Crippen molar-refractivity contribution < 1.29 is 4.74 Å². The standard InChI is InChI=1S/C11H11N3O/c12-11-10(7-4-8-15-11)14-13-9-5-2-1-3-6-9/h1-8,11H,12H2. The smallest absolute Gasteiger partial charge is 0.191 e. The fraction of sp³-hybridized carbons (Fsp3) is 0.0909. The van der Waals surface area contributed by atoms with E-state index in [4.69, 9.17) is 10.5 Å². The van der Waals surface area contributed by atoms with Crippen molar-refractivity contribution in [2.75, 3.05) is 0 Å². The van der Waals surface area contributed by atoms with Crippen molar-refractivity contribution in [2.24, 2.45) is 16.0 Å². The van der Waals surface area contributed by atoms with Crippen LogP contribution in [0.1, 0.15) is 0 Å². The Morgan fingerprint density at radius 1 is 1.13 bits per heavy atom. The molecule has 1 unspecified atom stereocenters. The Morgan fingerprint density at radius 3 is 2.67 bits per heavy atom. The number of hydrogen-bond donors (Lipinski definition) is 1. The van der Waals surface area contributed by atoms with Crippen LogP contribution in [0.25, 0.3) is 0 Å². The quantitative estimate of drug-likeness (QED) is 0.747. The van der Waals surface area contributed by atoms with Gasteiger partial charge in [-0.3, -0.25) is 5.73 Å². The van der Waals surface area contributed by atoms with Crippen LogP contribution in [0.15, 0.2) is 64.7 Å². The molecule has 0 aliphatic carbocycles. The third kappa shape index (κ3) is 2.51. The van der Waals surface area contributed by atoms with Crippen LogP contribution in [0.4, 0.5) is 5.69 Å². The van der Waals surface area contributed by atoms with Crippen LogP contribution in [-0.4, -0.2) is 6.23 Å². The van der Waals surface area contributed by atoms with E-state index in [0.29, 0.717) is 5.70 Å². The van der Waals surface area contributed by atoms with Gasteiger partial charge < -0.3 is 4.74 Å². The van der Waals surface area contributed by atoms with Crippen LogP contribution < -0.4 is 5.73 Å². The van der Waals surface area contributed by atoms with Crippen LogP contribution in [0.3, 0.4) is 0 Å². The van der Waals surface area contributed by atoms with Crippen molar-refractivity contribution in [3.63, 3.8) is 0 Å². The minimum absolute atomic E-state index is 0.525. The SMILES string of the molecule is NC1OC=CC=C1N=Nc1ccccc1. The second-order valence-electron chi connectivity index (χ2n) is 3.01. The molecule has 1 aromatic rings. The lowest BCUT2D eigenvalue weighted by Crippen LogP contribution is -2.24. The Labute approximate surface area is 87.8 Å². The lowest BCUT2D eigenvalue weighted by atomic mass is 10.3. The lowest BCUT2D eigenvalue weighted by Gasteiger charge is -2.13. The molecule has 0 saturated carbocycles. The molecule has 0 bridgehead atoms. The Morgan fingerprint density at radius 2 is 1.93 bits per heavy atom. The van der Waals surface area contributed by atoms with Crippen molar-refractivity contribution in [3.05, 3.63) is 54.4 Å². The van der Waals surface area contributed by atoms with Gasteiger partial charge in [-0.25, -0.2) is 0 Å². The summed E-state index contributed by atoms with van der Waals surface area (Å²) in [6.45, 7) is 0. The van der Waals surface area contributed by atoms with Crippen molar-refractivity contribution in [2.45, 2.75) is 6.23 Å². The van der Waals surface area contributed by atoms with E-state index >= 15 is 0 Å². The molecular formula is C11H11N3O. The second-order valence-corrected chi connectivity index (χ2v) is 3.01. The molecule has 2 rings (SSSR count). The van der Waals surface area contributed by atoms with Gasteiger partial charge in [0.1, 0.15) is 5.70 Å². The summed E-state index contributed by atoms with van der Waals surface area (Å²) in [5.41, 5.74) is 7.05. The summed E-state index contributed by atoms with van der Waals surface area (Å²) in [4.78, 5) is 0. The zero-order valence-electron chi connectivity index (χ0n) is 8.08. The summed E-state index contributed by atoms with van der Waals surface area (Å²) >= 11 is 0. The number of azo groups is 1. The Balaban J connectivity index is 2.12. The summed E-state index contributed by atoms with van der Waals surface area (Å²) in [5, 5.41) is 8.06. The van der Waals surface area contributed by atoms with Gasteiger partial charge in [-0.15, -0.1) is 5.11 Å². The van der Waals surface area contributed by atoms with E-state index in [1.165, 1.54) is 6.26 Å². The van der Waals surface area contributed by atoms with Gasteiger partial charge in [-0.1, -0.05) is 18.2 Å². The first-order valence-corrected chi connectivity index (χ1v) is 4.61. The van der Waals surface area contributed by atoms with Crippen molar-refractivity contribution >= 4 is 5.69 Å². The highest BCUT2D eigenvalue weighted by Gasteiger charge is 2.09. The molecule has 76 valence electrons. The number of rotatable bonds is 2. The van der Waals surface area contributed by atoms with Crippen LogP contribution in [0.2, 0.25) is 0 Å². The van der Waals surface area contributed by atoms with Gasteiger partial charge in [0.2, 0.25) is 0 Å². The van der Waals surface area contributed by atoms with Crippen LogP contribution in [0.5, 0.6) is 0 Å². The molecule has 0 radical (unpaired) electrons. The summed E-state index contributed by atoms with van der Waals surface area (Å²) in [7, 11) is 0. The first-order chi connectivity index (χ1) is 7.36. The van der Waals surface area contributed by atoms with Crippen LogP contribution >= 0.6 is 0 Å². The van der Waals surface area contributed by atoms with E-state index < -0.39 is 6.23 Å². The van der Waals surface area contributed by atoms with E-state index in [1.807, 2.05) is 30.3 Å². The van der Waals surface area contributed by atoms with Gasteiger partial charge >= 0.3 is 0 Å². The molecule has 4 heteroatoms. The van der Waals surface area contributed by atoms with Gasteiger partial charge in [-0.05, 0) is 24.3 Å². The Bertz CT molecular complexity index is 409. The molecule has 0 aromatic heterocycles. The van der Waals surface area contributed by atoms with E-state index in [9.17, 15) is 0 Å². The van der Waals surface area contributed by atoms with Crippen molar-refractivity contribution in [1.29, 1.82) is 0 Å². The highest BCUT2D eigenvalue weighted by molar-refractivity contribution is 5.35. The number of ether oxygens (including phenoxy) is 1. The van der Waals surface area contributed by atoms with E-state index in [2.05, 4.69) is 10.2 Å². The van der Waals surface area contributed by atoms with Crippen molar-refractivity contribution in [1.82, 2.24) is 0 Å². The predicted molar refractivity (Wildman–Crippen MR) is 57.2 cm³/mol. The van der Waals surface area contributed by atoms with E-state index in [-0.39, 0.29) is 0 Å². The highest BCUT2D eigenvalue weighted by atomic mass is 16.5. The third-order valence-electron chi connectivity index (χ3n) is 1.90. The molecule has 0 amide bonds. The highest BCUT2D eigenvalue weighted by Crippen LogP contribution is 2.15. The molecule has 1 aliphatic heterocycles. The molecule has 4 nitrogen and oxygen atoms in total. The maximum Gasteiger partial charge on any atom is 0.191 e. The Hall–Kier alpha value is -1.94. The normalized spacial score (nSPS) is 20.1. The molecule has 0 saturated heterocycles. The maximum absolute atomic E-state index is 5.65. The number of allylic oxidation sites excluding steroid dienone is 2. The molecule has 1 heterocycles. The minimum Gasteiger partial charge on any atom is -0.477 e. The average molecular weight is 201 g/mol. The van der Waals surface area contributed by atoms with Crippen molar-refractivity contribution in [3.8, 4) is 0 Å². The molecular weight excluding hydrogens is 190 g/mol. The summed E-state index contributed by atoms with van der Waals surface area (Å²) in [6, 6.07) is 9.47. The number of nitrogens with two attached hydrogens (primary N) is 1. The first-order valence-electron chi connectivity index (χ1n) is 4.61. The largest absolute Gasteiger partial charge is 0.477 e. The number of benzene rings is 1.